The largest absolute Gasteiger partial charge is 0.388 e. The van der Waals surface area contributed by atoms with Crippen LogP contribution in [0.3, 0.4) is 0 Å². The summed E-state index contributed by atoms with van der Waals surface area (Å²) in [5.41, 5.74) is 4.17. The van der Waals surface area contributed by atoms with E-state index in [1.165, 1.54) is 12.8 Å². The first-order valence-corrected chi connectivity index (χ1v) is 9.88. The molecule has 6 nitrogen and oxygen atoms in total. The number of fused-ring (bicyclic) bond motifs is 3. The molecule has 4 aromatic rings. The fraction of sp³-hybridized carbons (Fsp3) is 0.318. The van der Waals surface area contributed by atoms with Gasteiger partial charge in [-0.2, -0.15) is 0 Å². The Morgan fingerprint density at radius 1 is 1.11 bits per heavy atom. The van der Waals surface area contributed by atoms with E-state index < -0.39 is 0 Å². The van der Waals surface area contributed by atoms with E-state index in [1.807, 2.05) is 47.8 Å². The highest BCUT2D eigenvalue weighted by Crippen LogP contribution is 2.40. The predicted octanol–water partition coefficient (Wildman–Crippen LogP) is 3.79. The number of nitrogens with one attached hydrogen (secondary N) is 1. The molecule has 0 spiro atoms. The van der Waals surface area contributed by atoms with Gasteiger partial charge in [0.25, 0.3) is 5.56 Å². The van der Waals surface area contributed by atoms with Crippen LogP contribution in [0.2, 0.25) is 0 Å². The van der Waals surface area contributed by atoms with Crippen LogP contribution in [-0.4, -0.2) is 26.2 Å². The van der Waals surface area contributed by atoms with Crippen molar-refractivity contribution in [2.45, 2.75) is 38.1 Å². The summed E-state index contributed by atoms with van der Waals surface area (Å²) in [4.78, 5) is 13.7. The Balaban J connectivity index is 1.84. The number of hydrogen-bond acceptors (Lipinski definition) is 4. The van der Waals surface area contributed by atoms with Crippen molar-refractivity contribution in [3.8, 4) is 0 Å². The van der Waals surface area contributed by atoms with Crippen molar-refractivity contribution in [1.82, 2.24) is 19.2 Å². The molecule has 6 heteroatoms. The first kappa shape index (κ1) is 17.0. The lowest BCUT2D eigenvalue weighted by molar-refractivity contribution is 0.723. The lowest BCUT2D eigenvalue weighted by atomic mass is 9.92. The van der Waals surface area contributed by atoms with Crippen molar-refractivity contribution in [2.75, 3.05) is 12.4 Å². The molecular weight excluding hydrogens is 350 g/mol. The van der Waals surface area contributed by atoms with Crippen LogP contribution in [0.15, 0.2) is 53.6 Å². The lowest BCUT2D eigenvalue weighted by Gasteiger charge is -2.19. The van der Waals surface area contributed by atoms with Crippen LogP contribution in [0, 0.1) is 0 Å². The van der Waals surface area contributed by atoms with E-state index in [1.54, 1.807) is 10.9 Å². The summed E-state index contributed by atoms with van der Waals surface area (Å²) >= 11 is 0. The maximum atomic E-state index is 13.7. The summed E-state index contributed by atoms with van der Waals surface area (Å²) in [6, 6.07) is 14.1. The van der Waals surface area contributed by atoms with Crippen molar-refractivity contribution in [3.05, 3.63) is 70.3 Å². The second-order valence-electron chi connectivity index (χ2n) is 7.53. The molecule has 1 N–H and O–H groups in total. The maximum absolute atomic E-state index is 13.7. The van der Waals surface area contributed by atoms with Crippen LogP contribution in [0.1, 0.15) is 42.7 Å². The smallest absolute Gasteiger partial charge is 0.263 e. The Bertz CT molecular complexity index is 1200. The van der Waals surface area contributed by atoms with Gasteiger partial charge in [-0.05, 0) is 42.0 Å². The number of benzene rings is 2. The molecule has 2 heterocycles. The third-order valence-corrected chi connectivity index (χ3v) is 5.93. The molecule has 28 heavy (non-hydrogen) atoms. The number of hydrogen-bond donors (Lipinski definition) is 1. The topological polar surface area (TPSA) is 64.2 Å². The second-order valence-corrected chi connectivity index (χ2v) is 7.53. The summed E-state index contributed by atoms with van der Waals surface area (Å²) in [5, 5.41) is 12.5. The minimum absolute atomic E-state index is 0.0124. The standard InChI is InChI=1S/C22H23N5O/c1-23-17-11-12-18-20(19(17)16-9-5-6-10-16)21(28)26(22-25-24-14-27(18)22)13-15-7-3-2-4-8-15/h2-4,7-8,11-12,14,16,23H,5-6,9-10,13H2,1H3. The maximum Gasteiger partial charge on any atom is 0.263 e. The Labute approximate surface area is 162 Å². The molecule has 1 saturated carbocycles. The summed E-state index contributed by atoms with van der Waals surface area (Å²) in [6.07, 6.45) is 6.41. The highest BCUT2D eigenvalue weighted by atomic mass is 16.1. The van der Waals surface area contributed by atoms with Crippen molar-refractivity contribution < 1.29 is 0 Å². The summed E-state index contributed by atoms with van der Waals surface area (Å²) in [6.45, 7) is 0.478. The number of anilines is 1. The molecule has 0 atom stereocenters. The lowest BCUT2D eigenvalue weighted by Crippen LogP contribution is -2.25. The van der Waals surface area contributed by atoms with E-state index in [-0.39, 0.29) is 5.56 Å². The summed E-state index contributed by atoms with van der Waals surface area (Å²) < 4.78 is 3.69. The van der Waals surface area contributed by atoms with E-state index in [0.29, 0.717) is 18.2 Å². The monoisotopic (exact) mass is 373 g/mol. The first-order valence-electron chi connectivity index (χ1n) is 9.88. The Morgan fingerprint density at radius 3 is 2.64 bits per heavy atom. The number of nitrogens with zero attached hydrogens (tertiary/aromatic N) is 4. The van der Waals surface area contributed by atoms with Crippen LogP contribution in [0.25, 0.3) is 16.7 Å². The van der Waals surface area contributed by atoms with Gasteiger partial charge in [0, 0.05) is 12.7 Å². The Hall–Kier alpha value is -3.15. The van der Waals surface area contributed by atoms with Gasteiger partial charge in [-0.3, -0.25) is 13.8 Å². The van der Waals surface area contributed by atoms with Gasteiger partial charge in [0.1, 0.15) is 6.33 Å². The van der Waals surface area contributed by atoms with E-state index in [2.05, 4.69) is 21.6 Å². The zero-order valence-corrected chi connectivity index (χ0v) is 15.9. The molecule has 1 fully saturated rings. The zero-order valence-electron chi connectivity index (χ0n) is 15.9. The van der Waals surface area contributed by atoms with Crippen LogP contribution in [0.5, 0.6) is 0 Å². The van der Waals surface area contributed by atoms with Crippen LogP contribution in [0.4, 0.5) is 5.69 Å². The normalized spacial score (nSPS) is 14.9. The SMILES string of the molecule is CNc1ccc2c(c1C1CCCC1)c(=O)n(Cc1ccccc1)c1nncn21. The third-order valence-electron chi connectivity index (χ3n) is 5.93. The highest BCUT2D eigenvalue weighted by Gasteiger charge is 2.25. The molecule has 0 radical (unpaired) electrons. The van der Waals surface area contributed by atoms with Gasteiger partial charge in [-0.15, -0.1) is 10.2 Å². The summed E-state index contributed by atoms with van der Waals surface area (Å²) in [7, 11) is 1.93. The molecule has 1 aliphatic carbocycles. The van der Waals surface area contributed by atoms with E-state index in [0.717, 1.165) is 40.6 Å². The van der Waals surface area contributed by atoms with Gasteiger partial charge in [0.15, 0.2) is 0 Å². The number of rotatable bonds is 4. The molecule has 2 aromatic heterocycles. The van der Waals surface area contributed by atoms with Crippen molar-refractivity contribution >= 4 is 22.4 Å². The fourth-order valence-electron chi connectivity index (χ4n) is 4.61. The molecule has 142 valence electrons. The average molecular weight is 373 g/mol. The molecule has 1 aliphatic rings. The van der Waals surface area contributed by atoms with E-state index in [9.17, 15) is 4.79 Å². The molecule has 0 amide bonds. The quantitative estimate of drug-likeness (QED) is 0.591. The minimum atomic E-state index is 0.0124. The minimum Gasteiger partial charge on any atom is -0.388 e. The summed E-state index contributed by atoms with van der Waals surface area (Å²) in [5.74, 6) is 0.994. The molecule has 0 saturated heterocycles. The van der Waals surface area contributed by atoms with Crippen LogP contribution < -0.4 is 10.9 Å². The molecular formula is C22H23N5O. The van der Waals surface area contributed by atoms with Crippen LogP contribution >= 0.6 is 0 Å². The zero-order chi connectivity index (χ0) is 19.1. The fourth-order valence-corrected chi connectivity index (χ4v) is 4.61. The third kappa shape index (κ3) is 2.59. The van der Waals surface area contributed by atoms with Gasteiger partial charge >= 0.3 is 0 Å². The molecule has 0 unspecified atom stereocenters. The highest BCUT2D eigenvalue weighted by molar-refractivity contribution is 5.89. The average Bonchev–Trinajstić information content (AvgIpc) is 3.43. The molecule has 0 bridgehead atoms. The van der Waals surface area contributed by atoms with E-state index >= 15 is 0 Å². The Morgan fingerprint density at radius 2 is 1.89 bits per heavy atom. The van der Waals surface area contributed by atoms with Gasteiger partial charge in [-0.25, -0.2) is 0 Å². The molecule has 5 rings (SSSR count). The van der Waals surface area contributed by atoms with E-state index in [4.69, 9.17) is 0 Å². The predicted molar refractivity (Wildman–Crippen MR) is 111 cm³/mol. The van der Waals surface area contributed by atoms with Crippen LogP contribution in [-0.2, 0) is 6.54 Å². The second kappa shape index (κ2) is 6.78. The van der Waals surface area contributed by atoms with Gasteiger partial charge in [0.05, 0.1) is 17.4 Å². The number of aromatic nitrogens is 4. The van der Waals surface area contributed by atoms with Gasteiger partial charge < -0.3 is 5.32 Å². The first-order chi connectivity index (χ1) is 13.8. The van der Waals surface area contributed by atoms with Gasteiger partial charge in [-0.1, -0.05) is 43.2 Å². The van der Waals surface area contributed by atoms with Gasteiger partial charge in [0.2, 0.25) is 5.78 Å². The Kier molecular flexibility index (Phi) is 4.11. The van der Waals surface area contributed by atoms with Crippen molar-refractivity contribution in [1.29, 1.82) is 0 Å². The molecule has 0 aliphatic heterocycles. The van der Waals surface area contributed by atoms with Crippen molar-refractivity contribution in [2.24, 2.45) is 0 Å². The van der Waals surface area contributed by atoms with Crippen molar-refractivity contribution in [3.63, 3.8) is 0 Å². The molecule has 2 aromatic carbocycles.